The van der Waals surface area contributed by atoms with Crippen molar-refractivity contribution in [1.82, 2.24) is 0 Å². The molecule has 1 N–H and O–H groups in total. The van der Waals surface area contributed by atoms with Gasteiger partial charge in [-0.15, -0.1) is 0 Å². The van der Waals surface area contributed by atoms with E-state index in [2.05, 4.69) is 13.8 Å². The Morgan fingerprint density at radius 1 is 1.18 bits per heavy atom. The Morgan fingerprint density at radius 3 is 2.18 bits per heavy atom. The summed E-state index contributed by atoms with van der Waals surface area (Å²) in [5.74, 6) is 1.16. The van der Waals surface area contributed by atoms with Crippen LogP contribution >= 0.6 is 0 Å². The van der Waals surface area contributed by atoms with Crippen LogP contribution in [0.4, 0.5) is 4.39 Å². The van der Waals surface area contributed by atoms with Crippen LogP contribution in [0.15, 0.2) is 24.3 Å². The summed E-state index contributed by atoms with van der Waals surface area (Å²) in [5, 5.41) is 10.6. The van der Waals surface area contributed by atoms with Gasteiger partial charge >= 0.3 is 0 Å². The summed E-state index contributed by atoms with van der Waals surface area (Å²) in [6, 6.07) is 6.29. The van der Waals surface area contributed by atoms with E-state index in [1.54, 1.807) is 12.1 Å². The Hall–Kier alpha value is -0.890. The molecule has 1 aliphatic rings. The first kappa shape index (κ1) is 12.6. The first-order valence-corrected chi connectivity index (χ1v) is 6.50. The van der Waals surface area contributed by atoms with Gasteiger partial charge in [0.1, 0.15) is 5.82 Å². The molecule has 0 spiro atoms. The van der Waals surface area contributed by atoms with Crippen LogP contribution in [-0.2, 0) is 5.60 Å². The Kier molecular flexibility index (Phi) is 3.53. The Labute approximate surface area is 103 Å². The van der Waals surface area contributed by atoms with Crippen LogP contribution in [0.25, 0.3) is 0 Å². The van der Waals surface area contributed by atoms with Crippen LogP contribution in [0.1, 0.15) is 45.1 Å². The third-order valence-electron chi connectivity index (χ3n) is 4.18. The van der Waals surface area contributed by atoms with E-state index in [-0.39, 0.29) is 5.82 Å². The standard InChI is InChI=1S/C15H21FO/c1-11(2)12-7-9-15(17,10-8-12)13-3-5-14(16)6-4-13/h3-6,11-12,17H,7-10H2,1-2H3/t12-,15+. The average molecular weight is 236 g/mol. The maximum absolute atomic E-state index is 12.9. The second-order valence-electron chi connectivity index (χ2n) is 5.62. The fraction of sp³-hybridized carbons (Fsp3) is 0.600. The van der Waals surface area contributed by atoms with Crippen LogP contribution < -0.4 is 0 Å². The third-order valence-corrected chi connectivity index (χ3v) is 4.18. The molecule has 94 valence electrons. The lowest BCUT2D eigenvalue weighted by Gasteiger charge is -2.37. The molecule has 1 saturated carbocycles. The molecular formula is C15H21FO. The van der Waals surface area contributed by atoms with Crippen molar-refractivity contribution in [3.8, 4) is 0 Å². The first-order valence-electron chi connectivity index (χ1n) is 6.50. The molecule has 1 aliphatic carbocycles. The smallest absolute Gasteiger partial charge is 0.123 e. The number of benzene rings is 1. The minimum atomic E-state index is -0.737. The minimum absolute atomic E-state index is 0.242. The largest absolute Gasteiger partial charge is 0.385 e. The highest BCUT2D eigenvalue weighted by molar-refractivity contribution is 5.23. The number of aliphatic hydroxyl groups is 1. The molecule has 0 aliphatic heterocycles. The lowest BCUT2D eigenvalue weighted by molar-refractivity contribution is -0.0200. The minimum Gasteiger partial charge on any atom is -0.385 e. The molecule has 0 heterocycles. The van der Waals surface area contributed by atoms with Crippen LogP contribution in [0.5, 0.6) is 0 Å². The third kappa shape index (κ3) is 2.68. The highest BCUT2D eigenvalue weighted by atomic mass is 19.1. The van der Waals surface area contributed by atoms with Crippen LogP contribution in [0.3, 0.4) is 0 Å². The van der Waals surface area contributed by atoms with E-state index < -0.39 is 5.60 Å². The number of halogens is 1. The molecule has 2 rings (SSSR count). The lowest BCUT2D eigenvalue weighted by Crippen LogP contribution is -2.32. The van der Waals surface area contributed by atoms with Gasteiger partial charge in [-0.05, 0) is 55.2 Å². The maximum atomic E-state index is 12.9. The highest BCUT2D eigenvalue weighted by Gasteiger charge is 2.35. The second-order valence-corrected chi connectivity index (χ2v) is 5.62. The summed E-state index contributed by atoms with van der Waals surface area (Å²) in [7, 11) is 0. The van der Waals surface area contributed by atoms with Crippen molar-refractivity contribution in [2.24, 2.45) is 11.8 Å². The molecular weight excluding hydrogens is 215 g/mol. The lowest BCUT2D eigenvalue weighted by atomic mass is 9.72. The summed E-state index contributed by atoms with van der Waals surface area (Å²) < 4.78 is 12.9. The SMILES string of the molecule is CC(C)[C@H]1CC[C@](O)(c2ccc(F)cc2)CC1. The van der Waals surface area contributed by atoms with Crippen LogP contribution in [0.2, 0.25) is 0 Å². The number of hydrogen-bond acceptors (Lipinski definition) is 1. The number of rotatable bonds is 2. The van der Waals surface area contributed by atoms with Gasteiger partial charge in [0.05, 0.1) is 5.60 Å². The molecule has 0 amide bonds. The van der Waals surface area contributed by atoms with Gasteiger partial charge in [0.2, 0.25) is 0 Å². The molecule has 1 nitrogen and oxygen atoms in total. The molecule has 0 bridgehead atoms. The van der Waals surface area contributed by atoms with Crippen molar-refractivity contribution in [3.05, 3.63) is 35.6 Å². The van der Waals surface area contributed by atoms with E-state index in [1.165, 1.54) is 12.1 Å². The summed E-state index contributed by atoms with van der Waals surface area (Å²) in [6.45, 7) is 4.49. The van der Waals surface area contributed by atoms with Crippen molar-refractivity contribution in [1.29, 1.82) is 0 Å². The van der Waals surface area contributed by atoms with Gasteiger partial charge in [-0.2, -0.15) is 0 Å². The molecule has 1 aromatic rings. The van der Waals surface area contributed by atoms with Crippen LogP contribution in [-0.4, -0.2) is 5.11 Å². The topological polar surface area (TPSA) is 20.2 Å². The molecule has 2 heteroatoms. The molecule has 17 heavy (non-hydrogen) atoms. The number of hydrogen-bond donors (Lipinski definition) is 1. The predicted molar refractivity (Wildman–Crippen MR) is 67.1 cm³/mol. The van der Waals surface area contributed by atoms with Gasteiger partial charge in [-0.1, -0.05) is 26.0 Å². The molecule has 0 unspecified atom stereocenters. The van der Waals surface area contributed by atoms with E-state index >= 15 is 0 Å². The van der Waals surface area contributed by atoms with Gasteiger partial charge < -0.3 is 5.11 Å². The first-order chi connectivity index (χ1) is 8.01. The zero-order chi connectivity index (χ0) is 12.5. The van der Waals surface area contributed by atoms with E-state index in [1.807, 2.05) is 0 Å². The van der Waals surface area contributed by atoms with Crippen LogP contribution in [0, 0.1) is 17.7 Å². The zero-order valence-corrected chi connectivity index (χ0v) is 10.6. The molecule has 0 aromatic heterocycles. The van der Waals surface area contributed by atoms with Gasteiger partial charge in [-0.3, -0.25) is 0 Å². The molecule has 0 atom stereocenters. The Bertz CT molecular complexity index is 361. The zero-order valence-electron chi connectivity index (χ0n) is 10.6. The molecule has 0 saturated heterocycles. The summed E-state index contributed by atoms with van der Waals surface area (Å²) >= 11 is 0. The quantitative estimate of drug-likeness (QED) is 0.826. The average Bonchev–Trinajstić information content (AvgIpc) is 2.30. The highest BCUT2D eigenvalue weighted by Crippen LogP contribution is 2.41. The maximum Gasteiger partial charge on any atom is 0.123 e. The Balaban J connectivity index is 2.09. The van der Waals surface area contributed by atoms with E-state index in [0.29, 0.717) is 5.92 Å². The van der Waals surface area contributed by atoms with Gasteiger partial charge in [-0.25, -0.2) is 4.39 Å². The van der Waals surface area contributed by atoms with E-state index in [0.717, 1.165) is 37.2 Å². The van der Waals surface area contributed by atoms with Crippen molar-refractivity contribution in [2.75, 3.05) is 0 Å². The second kappa shape index (κ2) is 4.77. The molecule has 0 radical (unpaired) electrons. The summed E-state index contributed by atoms with van der Waals surface area (Å²) in [5.41, 5.74) is 0.125. The fourth-order valence-corrected chi connectivity index (χ4v) is 2.83. The van der Waals surface area contributed by atoms with Crippen molar-refractivity contribution < 1.29 is 9.50 Å². The van der Waals surface area contributed by atoms with Gasteiger partial charge in [0.25, 0.3) is 0 Å². The van der Waals surface area contributed by atoms with Gasteiger partial charge in [0, 0.05) is 0 Å². The van der Waals surface area contributed by atoms with Crippen molar-refractivity contribution in [3.63, 3.8) is 0 Å². The van der Waals surface area contributed by atoms with Crippen molar-refractivity contribution >= 4 is 0 Å². The van der Waals surface area contributed by atoms with Crippen molar-refractivity contribution in [2.45, 2.75) is 45.1 Å². The van der Waals surface area contributed by atoms with Gasteiger partial charge in [0.15, 0.2) is 0 Å². The Morgan fingerprint density at radius 2 is 1.71 bits per heavy atom. The van der Waals surface area contributed by atoms with E-state index in [4.69, 9.17) is 0 Å². The van der Waals surface area contributed by atoms with E-state index in [9.17, 15) is 9.50 Å². The molecule has 1 fully saturated rings. The predicted octanol–water partition coefficient (Wildman–Crippen LogP) is 3.86. The summed E-state index contributed by atoms with van der Waals surface area (Å²) in [6.07, 6.45) is 3.71. The normalized spacial score (nSPS) is 29.6. The molecule has 1 aromatic carbocycles. The monoisotopic (exact) mass is 236 g/mol. The fourth-order valence-electron chi connectivity index (χ4n) is 2.83. The summed E-state index contributed by atoms with van der Waals surface area (Å²) in [4.78, 5) is 0.